The van der Waals surface area contributed by atoms with Crippen molar-refractivity contribution in [2.75, 3.05) is 62.0 Å². The Kier molecular flexibility index (Phi) is 8.85. The van der Waals surface area contributed by atoms with Gasteiger partial charge in [0.25, 0.3) is 5.91 Å². The molecule has 0 saturated carbocycles. The quantitative estimate of drug-likeness (QED) is 0.546. The second-order valence-corrected chi connectivity index (χ2v) is 9.52. The van der Waals surface area contributed by atoms with E-state index in [0.29, 0.717) is 12.1 Å². The number of thioether (sulfide) groups is 1. The normalized spacial score (nSPS) is 18.0. The van der Waals surface area contributed by atoms with Gasteiger partial charge in [-0.1, -0.05) is 12.1 Å². The summed E-state index contributed by atoms with van der Waals surface area (Å²) >= 11 is 1.65. The van der Waals surface area contributed by atoms with Crippen molar-refractivity contribution in [3.63, 3.8) is 0 Å². The van der Waals surface area contributed by atoms with E-state index in [0.717, 1.165) is 67.8 Å². The molecule has 2 saturated heterocycles. The largest absolute Gasteiger partial charge is 0.378 e. The van der Waals surface area contributed by atoms with Crippen molar-refractivity contribution in [2.24, 2.45) is 0 Å². The highest BCUT2D eigenvalue weighted by Crippen LogP contribution is 2.27. The van der Waals surface area contributed by atoms with Crippen molar-refractivity contribution in [3.8, 4) is 0 Å². The minimum atomic E-state index is -0.209. The van der Waals surface area contributed by atoms with Gasteiger partial charge in [-0.25, -0.2) is 0 Å². The fraction of sp³-hybridized carbons (Fsp3) is 0.462. The Morgan fingerprint density at radius 1 is 1.09 bits per heavy atom. The van der Waals surface area contributed by atoms with Crippen LogP contribution >= 0.6 is 11.8 Å². The molecule has 2 aliphatic heterocycles. The number of morpholine rings is 1. The van der Waals surface area contributed by atoms with Crippen molar-refractivity contribution in [1.29, 1.82) is 0 Å². The van der Waals surface area contributed by atoms with Crippen LogP contribution in [-0.2, 0) is 14.3 Å². The topological polar surface area (TPSA) is 71.1 Å². The Morgan fingerprint density at radius 3 is 2.56 bits per heavy atom. The van der Waals surface area contributed by atoms with E-state index in [-0.39, 0.29) is 24.5 Å². The highest BCUT2D eigenvalue weighted by Gasteiger charge is 2.22. The number of likely N-dealkylation sites (N-methyl/N-ethyl adjacent to an activating group) is 1. The van der Waals surface area contributed by atoms with Crippen LogP contribution in [0.15, 0.2) is 53.4 Å². The zero-order valence-electron chi connectivity index (χ0n) is 19.7. The zero-order valence-corrected chi connectivity index (χ0v) is 20.5. The van der Waals surface area contributed by atoms with Gasteiger partial charge in [-0.05, 0) is 56.2 Å². The summed E-state index contributed by atoms with van der Waals surface area (Å²) in [5, 5.41) is 2.92. The predicted octanol–water partition coefficient (Wildman–Crippen LogP) is 3.90. The van der Waals surface area contributed by atoms with Crippen LogP contribution in [0.4, 0.5) is 11.4 Å². The highest BCUT2D eigenvalue weighted by molar-refractivity contribution is 7.99. The predicted molar refractivity (Wildman–Crippen MR) is 136 cm³/mol. The first-order chi connectivity index (χ1) is 16.6. The molecule has 0 radical (unpaired) electrons. The van der Waals surface area contributed by atoms with Gasteiger partial charge in [0, 0.05) is 48.3 Å². The molecule has 34 heavy (non-hydrogen) atoms. The van der Waals surface area contributed by atoms with E-state index in [1.54, 1.807) is 16.7 Å². The molecule has 0 bridgehead atoms. The van der Waals surface area contributed by atoms with E-state index in [1.807, 2.05) is 55.5 Å². The summed E-state index contributed by atoms with van der Waals surface area (Å²) in [6.45, 7) is 6.37. The van der Waals surface area contributed by atoms with Gasteiger partial charge in [-0.2, -0.15) is 0 Å². The lowest BCUT2D eigenvalue weighted by Crippen LogP contribution is -2.38. The molecule has 4 rings (SSSR count). The summed E-state index contributed by atoms with van der Waals surface area (Å²) in [6.07, 6.45) is 2.41. The third-order valence-corrected chi connectivity index (χ3v) is 7.30. The minimum absolute atomic E-state index is 0.00524. The molecule has 2 heterocycles. The van der Waals surface area contributed by atoms with Gasteiger partial charge in [0.05, 0.1) is 24.9 Å². The summed E-state index contributed by atoms with van der Waals surface area (Å²) < 4.78 is 11.1. The van der Waals surface area contributed by atoms with Gasteiger partial charge in [0.1, 0.15) is 6.54 Å². The number of amides is 2. The van der Waals surface area contributed by atoms with E-state index in [2.05, 4.69) is 10.2 Å². The lowest BCUT2D eigenvalue weighted by atomic mass is 10.2. The number of carbonyl (C=O) groups excluding carboxylic acids is 2. The maximum atomic E-state index is 13.3. The molecule has 7 nitrogen and oxygen atoms in total. The molecular weight excluding hydrogens is 450 g/mol. The molecule has 2 aromatic rings. The van der Waals surface area contributed by atoms with Crippen LogP contribution in [0, 0.1) is 0 Å². The summed E-state index contributed by atoms with van der Waals surface area (Å²) in [7, 11) is 0. The van der Waals surface area contributed by atoms with E-state index < -0.39 is 0 Å². The molecule has 1 unspecified atom stereocenters. The Hall–Kier alpha value is -2.55. The Labute approximate surface area is 205 Å². The first kappa shape index (κ1) is 24.6. The van der Waals surface area contributed by atoms with Gasteiger partial charge < -0.3 is 24.6 Å². The van der Waals surface area contributed by atoms with Crippen LogP contribution in [0.1, 0.15) is 30.1 Å². The number of anilines is 2. The van der Waals surface area contributed by atoms with Gasteiger partial charge in [0.15, 0.2) is 0 Å². The van der Waals surface area contributed by atoms with Gasteiger partial charge in [-0.15, -0.1) is 11.8 Å². The summed E-state index contributed by atoms with van der Waals surface area (Å²) in [4.78, 5) is 30.8. The molecule has 8 heteroatoms. The first-order valence-electron chi connectivity index (χ1n) is 12.0. The molecule has 2 amide bonds. The van der Waals surface area contributed by atoms with Crippen LogP contribution in [0.2, 0.25) is 0 Å². The van der Waals surface area contributed by atoms with Crippen LogP contribution in [0.5, 0.6) is 0 Å². The molecule has 2 aromatic carbocycles. The molecular formula is C26H33N3O4S. The molecule has 182 valence electrons. The maximum Gasteiger partial charge on any atom is 0.255 e. The molecule has 0 aromatic heterocycles. The summed E-state index contributed by atoms with van der Waals surface area (Å²) in [5.74, 6) is 0.492. The first-order valence-corrected chi connectivity index (χ1v) is 13.0. The van der Waals surface area contributed by atoms with Gasteiger partial charge in [-0.3, -0.25) is 9.59 Å². The maximum absolute atomic E-state index is 13.3. The number of carbonyl (C=O) groups is 2. The van der Waals surface area contributed by atoms with E-state index in [4.69, 9.17) is 9.47 Å². The zero-order chi connectivity index (χ0) is 23.8. The number of ether oxygens (including phenoxy) is 2. The number of rotatable bonds is 9. The Balaban J connectivity index is 1.34. The third kappa shape index (κ3) is 6.52. The third-order valence-electron chi connectivity index (χ3n) is 6.10. The van der Waals surface area contributed by atoms with Crippen LogP contribution < -0.4 is 10.2 Å². The van der Waals surface area contributed by atoms with Crippen molar-refractivity contribution in [3.05, 3.63) is 54.1 Å². The molecule has 2 aliphatic rings. The van der Waals surface area contributed by atoms with Crippen molar-refractivity contribution < 1.29 is 19.1 Å². The van der Waals surface area contributed by atoms with Crippen LogP contribution in [0.3, 0.4) is 0 Å². The molecule has 1 N–H and O–H groups in total. The number of benzene rings is 2. The molecule has 0 spiro atoms. The average Bonchev–Trinajstić information content (AvgIpc) is 3.40. The minimum Gasteiger partial charge on any atom is -0.378 e. The molecule has 1 atom stereocenters. The van der Waals surface area contributed by atoms with Crippen LogP contribution in [0.25, 0.3) is 0 Å². The summed E-state index contributed by atoms with van der Waals surface area (Å²) in [6, 6.07) is 15.4. The SMILES string of the molecule is CCN(CC(=O)Nc1ccc(N2CCOCC2)cc1)C(=O)c1ccccc1SCC1CCCO1. The highest BCUT2D eigenvalue weighted by atomic mass is 32.2. The standard InChI is InChI=1S/C26H33N3O4S/c1-2-28(26(31)23-7-3-4-8-24(23)34-19-22-6-5-15-33-22)18-25(30)27-20-9-11-21(12-10-20)29-13-16-32-17-14-29/h3-4,7-12,22H,2,5-6,13-19H2,1H3,(H,27,30). The Morgan fingerprint density at radius 2 is 1.85 bits per heavy atom. The van der Waals surface area contributed by atoms with Crippen molar-refractivity contribution in [2.45, 2.75) is 30.8 Å². The fourth-order valence-electron chi connectivity index (χ4n) is 4.18. The number of nitrogens with one attached hydrogen (secondary N) is 1. The molecule has 0 aliphatic carbocycles. The Bertz CT molecular complexity index is 957. The van der Waals surface area contributed by atoms with Crippen molar-refractivity contribution in [1.82, 2.24) is 4.90 Å². The lowest BCUT2D eigenvalue weighted by molar-refractivity contribution is -0.116. The van der Waals surface area contributed by atoms with E-state index >= 15 is 0 Å². The number of hydrogen-bond donors (Lipinski definition) is 1. The smallest absolute Gasteiger partial charge is 0.255 e. The summed E-state index contributed by atoms with van der Waals surface area (Å²) in [5.41, 5.74) is 2.47. The van der Waals surface area contributed by atoms with Crippen molar-refractivity contribution >= 4 is 35.0 Å². The van der Waals surface area contributed by atoms with Gasteiger partial charge >= 0.3 is 0 Å². The van der Waals surface area contributed by atoms with Crippen LogP contribution in [-0.4, -0.2) is 74.6 Å². The van der Waals surface area contributed by atoms with Gasteiger partial charge in [0.2, 0.25) is 5.91 Å². The number of nitrogens with zero attached hydrogens (tertiary/aromatic N) is 2. The van der Waals surface area contributed by atoms with E-state index in [9.17, 15) is 9.59 Å². The monoisotopic (exact) mass is 483 g/mol. The van der Waals surface area contributed by atoms with E-state index in [1.165, 1.54) is 0 Å². The molecule has 2 fully saturated rings. The number of hydrogen-bond acceptors (Lipinski definition) is 6. The average molecular weight is 484 g/mol. The lowest BCUT2D eigenvalue weighted by Gasteiger charge is -2.29. The second kappa shape index (κ2) is 12.2. The second-order valence-electron chi connectivity index (χ2n) is 8.46. The fourth-order valence-corrected chi connectivity index (χ4v) is 5.29.